The number of aliphatic imine (C=N–C) groups is 1. The number of carbonyl (C=O) groups excluding carboxylic acids is 4. The molecule has 1 aliphatic rings. The van der Waals surface area contributed by atoms with Crippen molar-refractivity contribution in [2.24, 2.45) is 28.5 Å². The largest absolute Gasteiger partial charge is 0.365 e. The number of hydrazine groups is 1. The van der Waals surface area contributed by atoms with Crippen LogP contribution in [0.2, 0.25) is 0 Å². The van der Waals surface area contributed by atoms with Crippen molar-refractivity contribution in [3.8, 4) is 6.07 Å². The van der Waals surface area contributed by atoms with Crippen LogP contribution in [-0.2, 0) is 19.2 Å². The number of nitro groups is 1. The Balaban J connectivity index is 3.03. The van der Waals surface area contributed by atoms with Crippen molar-refractivity contribution in [2.45, 2.75) is 129 Å². The number of hydrogen-bond acceptors (Lipinski definition) is 8. The predicted molar refractivity (Wildman–Crippen MR) is 171 cm³/mol. The average Bonchev–Trinajstić information content (AvgIpc) is 3.51. The summed E-state index contributed by atoms with van der Waals surface area (Å²) in [4.78, 5) is 67.0. The summed E-state index contributed by atoms with van der Waals surface area (Å²) in [5, 5.41) is 26.6. The van der Waals surface area contributed by atoms with Gasteiger partial charge in [0.15, 0.2) is 5.03 Å². The molecule has 45 heavy (non-hydrogen) atoms. The molecule has 1 fully saturated rings. The van der Waals surface area contributed by atoms with Gasteiger partial charge in [-0.1, -0.05) is 64.2 Å². The van der Waals surface area contributed by atoms with E-state index in [1.165, 1.54) is 0 Å². The fourth-order valence-electron chi connectivity index (χ4n) is 5.77. The van der Waals surface area contributed by atoms with Gasteiger partial charge in [-0.3, -0.25) is 19.2 Å². The van der Waals surface area contributed by atoms with Gasteiger partial charge in [-0.05, 0) is 63.7 Å². The Labute approximate surface area is 267 Å². The van der Waals surface area contributed by atoms with E-state index in [9.17, 15) is 29.3 Å². The lowest BCUT2D eigenvalue weighted by Gasteiger charge is -2.27. The molecule has 3 atom stereocenters. The fraction of sp³-hybridized carbons (Fsp3) is 0.806. The number of guanidine groups is 1. The zero-order valence-electron chi connectivity index (χ0n) is 27.3. The van der Waals surface area contributed by atoms with Crippen molar-refractivity contribution in [3.05, 3.63) is 10.1 Å². The molecule has 0 heterocycles. The van der Waals surface area contributed by atoms with Gasteiger partial charge in [-0.2, -0.15) is 5.26 Å². The van der Waals surface area contributed by atoms with Crippen LogP contribution < -0.4 is 27.1 Å². The third-order valence-corrected chi connectivity index (χ3v) is 8.03. The van der Waals surface area contributed by atoms with Gasteiger partial charge in [0.25, 0.3) is 11.9 Å². The fourth-order valence-corrected chi connectivity index (χ4v) is 5.77. The third kappa shape index (κ3) is 16.8. The standard InChI is InChI=1S/C31H54N8O6/c1-4-34-30(43)27(40)26(21-22(2)3)37-29(42)25(18-14-20-35-31(33)38-39(44)45)36-28(41)24(23-15-11-12-16-23)17-10-8-6-5-7-9-13-19-32/h22-26H,4-18,20-21H2,1-3H3,(H,34,43)(H,36,41)(H,37,42)(H3,33,35,38)/t24?,25-,26?/m0/s1. The summed E-state index contributed by atoms with van der Waals surface area (Å²) >= 11 is 0. The molecule has 0 aromatic heterocycles. The molecule has 0 saturated heterocycles. The van der Waals surface area contributed by atoms with Crippen molar-refractivity contribution in [2.75, 3.05) is 13.1 Å². The minimum atomic E-state index is -1.06. The first-order valence-corrected chi connectivity index (χ1v) is 16.5. The summed E-state index contributed by atoms with van der Waals surface area (Å²) in [6.45, 7) is 5.79. The molecule has 0 bridgehead atoms. The second-order valence-corrected chi connectivity index (χ2v) is 12.2. The van der Waals surface area contributed by atoms with Gasteiger partial charge in [0.1, 0.15) is 6.04 Å². The van der Waals surface area contributed by atoms with Gasteiger partial charge >= 0.3 is 0 Å². The maximum atomic E-state index is 13.8. The number of nitrogens with two attached hydrogens (primary N) is 1. The number of likely N-dealkylation sites (N-methyl/N-ethyl adjacent to an activating group) is 1. The molecule has 14 heteroatoms. The van der Waals surface area contributed by atoms with Gasteiger partial charge < -0.3 is 21.7 Å². The smallest absolute Gasteiger partial charge is 0.289 e. The van der Waals surface area contributed by atoms with E-state index in [1.807, 2.05) is 13.8 Å². The van der Waals surface area contributed by atoms with Crippen molar-refractivity contribution in [1.82, 2.24) is 21.4 Å². The molecule has 2 unspecified atom stereocenters. The van der Waals surface area contributed by atoms with E-state index in [0.29, 0.717) is 12.8 Å². The van der Waals surface area contributed by atoms with Gasteiger partial charge in [0.2, 0.25) is 17.6 Å². The zero-order chi connectivity index (χ0) is 33.6. The first kappa shape index (κ1) is 39.3. The Hall–Kier alpha value is -3.76. The number of carbonyl (C=O) groups is 4. The molecule has 0 radical (unpaired) electrons. The molecule has 0 aliphatic heterocycles. The number of ketones is 1. The van der Waals surface area contributed by atoms with Gasteiger partial charge in [-0.25, -0.2) is 15.1 Å². The molecular formula is C31H54N8O6. The molecular weight excluding hydrogens is 580 g/mol. The Bertz CT molecular complexity index is 1020. The maximum absolute atomic E-state index is 13.8. The highest BCUT2D eigenvalue weighted by atomic mass is 16.7. The molecule has 6 N–H and O–H groups in total. The first-order valence-electron chi connectivity index (χ1n) is 16.5. The normalized spacial score (nSPS) is 15.5. The monoisotopic (exact) mass is 634 g/mol. The first-order chi connectivity index (χ1) is 21.5. The molecule has 254 valence electrons. The molecule has 1 aliphatic carbocycles. The number of nitriles is 1. The number of hydrogen-bond donors (Lipinski definition) is 5. The topological polar surface area (TPSA) is 222 Å². The summed E-state index contributed by atoms with van der Waals surface area (Å²) < 4.78 is 0. The quantitative estimate of drug-likeness (QED) is 0.0278. The van der Waals surface area contributed by atoms with Gasteiger partial charge in [0.05, 0.1) is 12.1 Å². The van der Waals surface area contributed by atoms with Gasteiger partial charge in [-0.15, -0.1) is 0 Å². The molecule has 3 amide bonds. The van der Waals surface area contributed by atoms with Crippen LogP contribution in [0.5, 0.6) is 0 Å². The third-order valence-electron chi connectivity index (χ3n) is 8.03. The van der Waals surface area contributed by atoms with E-state index >= 15 is 0 Å². The molecule has 14 nitrogen and oxygen atoms in total. The second-order valence-electron chi connectivity index (χ2n) is 12.2. The Morgan fingerprint density at radius 3 is 2.18 bits per heavy atom. The highest BCUT2D eigenvalue weighted by Crippen LogP contribution is 2.34. The summed E-state index contributed by atoms with van der Waals surface area (Å²) in [5.41, 5.74) is 7.26. The summed E-state index contributed by atoms with van der Waals surface area (Å²) in [7, 11) is 0. The summed E-state index contributed by atoms with van der Waals surface area (Å²) in [5.74, 6) is -2.69. The predicted octanol–water partition coefficient (Wildman–Crippen LogP) is 3.03. The number of Topliss-reactive ketones (excluding diaryl/α,β-unsaturated/α-hetero) is 1. The van der Waals surface area contributed by atoms with Crippen LogP contribution in [0.4, 0.5) is 0 Å². The number of nitrogens with one attached hydrogen (secondary N) is 4. The highest BCUT2D eigenvalue weighted by molar-refractivity contribution is 6.38. The zero-order valence-corrected chi connectivity index (χ0v) is 27.3. The van der Waals surface area contributed by atoms with Gasteiger partial charge in [0, 0.05) is 25.4 Å². The molecule has 0 aromatic rings. The van der Waals surface area contributed by atoms with Crippen molar-refractivity contribution in [1.29, 1.82) is 5.26 Å². The number of unbranched alkanes of at least 4 members (excludes halogenated alkanes) is 6. The number of rotatable bonds is 23. The lowest BCUT2D eigenvalue weighted by Crippen LogP contribution is -2.55. The molecule has 1 saturated carbocycles. The number of amides is 3. The maximum Gasteiger partial charge on any atom is 0.289 e. The SMILES string of the molecule is CCNC(=O)C(=O)C(CC(C)C)NC(=O)[C@H](CCCN=C(N)N[N+](=O)[O-])NC(=O)C(CCCCCCCCC#N)C1CCCC1. The molecule has 1 rings (SSSR count). The van der Waals surface area contributed by atoms with E-state index in [-0.39, 0.29) is 62.0 Å². The number of nitrogens with zero attached hydrogens (tertiary/aromatic N) is 3. The van der Waals surface area contributed by atoms with Crippen LogP contribution in [0, 0.1) is 39.2 Å². The van der Waals surface area contributed by atoms with Crippen molar-refractivity contribution >= 4 is 29.5 Å². The van der Waals surface area contributed by atoms with Crippen LogP contribution in [0.25, 0.3) is 0 Å². The van der Waals surface area contributed by atoms with E-state index in [2.05, 4.69) is 27.0 Å². The Morgan fingerprint density at radius 1 is 0.956 bits per heavy atom. The van der Waals surface area contributed by atoms with E-state index < -0.39 is 34.7 Å². The summed E-state index contributed by atoms with van der Waals surface area (Å²) in [6.07, 6.45) is 11.9. The van der Waals surface area contributed by atoms with E-state index in [1.54, 1.807) is 12.3 Å². The van der Waals surface area contributed by atoms with Crippen LogP contribution in [0.3, 0.4) is 0 Å². The van der Waals surface area contributed by atoms with Crippen LogP contribution in [0.15, 0.2) is 4.99 Å². The Kier molecular flexibility index (Phi) is 19.8. The average molecular weight is 635 g/mol. The second kappa shape index (κ2) is 22.7. The minimum absolute atomic E-state index is 0.00576. The van der Waals surface area contributed by atoms with Crippen LogP contribution in [-0.4, -0.2) is 59.7 Å². The van der Waals surface area contributed by atoms with E-state index in [4.69, 9.17) is 11.0 Å². The van der Waals surface area contributed by atoms with Crippen molar-refractivity contribution in [3.63, 3.8) is 0 Å². The summed E-state index contributed by atoms with van der Waals surface area (Å²) in [6, 6.07) is 0.110. The molecule has 0 aromatic carbocycles. The highest BCUT2D eigenvalue weighted by Gasteiger charge is 2.34. The minimum Gasteiger partial charge on any atom is -0.365 e. The lowest BCUT2D eigenvalue weighted by atomic mass is 9.85. The lowest BCUT2D eigenvalue weighted by molar-refractivity contribution is -0.525. The Morgan fingerprint density at radius 2 is 1.58 bits per heavy atom. The van der Waals surface area contributed by atoms with Crippen LogP contribution in [0.1, 0.15) is 117 Å². The van der Waals surface area contributed by atoms with Crippen LogP contribution >= 0.6 is 0 Å². The van der Waals surface area contributed by atoms with Crippen molar-refractivity contribution < 1.29 is 24.2 Å². The molecule has 0 spiro atoms. The van der Waals surface area contributed by atoms with E-state index in [0.717, 1.165) is 64.2 Å².